The van der Waals surface area contributed by atoms with Gasteiger partial charge in [0.2, 0.25) is 0 Å². The zero-order valence-electron chi connectivity index (χ0n) is 9.40. The quantitative estimate of drug-likeness (QED) is 0.846. The van der Waals surface area contributed by atoms with Crippen molar-refractivity contribution in [1.82, 2.24) is 10.3 Å². The van der Waals surface area contributed by atoms with Gasteiger partial charge in [-0.15, -0.1) is 0 Å². The van der Waals surface area contributed by atoms with Crippen LogP contribution < -0.4 is 10.6 Å². The molecule has 1 aromatic heterocycles. The van der Waals surface area contributed by atoms with Crippen molar-refractivity contribution >= 4 is 22.5 Å². The van der Waals surface area contributed by atoms with Gasteiger partial charge in [0, 0.05) is 6.04 Å². The van der Waals surface area contributed by atoms with Gasteiger partial charge in [-0.05, 0) is 12.8 Å². The van der Waals surface area contributed by atoms with Crippen LogP contribution in [0.25, 0.3) is 0 Å². The number of amides is 2. The number of anilines is 1. The Labute approximate surface area is 104 Å². The minimum atomic E-state index is -0.226. The summed E-state index contributed by atoms with van der Waals surface area (Å²) < 4.78 is 0. The normalized spacial score (nSPS) is 16.2. The first-order valence-corrected chi connectivity index (χ1v) is 6.53. The highest BCUT2D eigenvalue weighted by Crippen LogP contribution is 2.19. The number of carbonyl (C=O) groups is 1. The number of nitrogens with one attached hydrogen (secondary N) is 2. The first-order chi connectivity index (χ1) is 8.28. The third-order valence-corrected chi connectivity index (χ3v) is 3.59. The average molecular weight is 250 g/mol. The lowest BCUT2D eigenvalue weighted by atomic mass is 9.96. The van der Waals surface area contributed by atoms with E-state index in [-0.39, 0.29) is 12.1 Å². The standard InChI is InChI=1S/C11H14N4OS/c12-6-9-7-13-11(17-9)15-10(16)14-8-4-2-1-3-5-8/h7-8H,1-5H2,(H2,13,14,15,16). The molecule has 6 heteroatoms. The molecule has 2 amide bonds. The Balaban J connectivity index is 1.82. The highest BCUT2D eigenvalue weighted by molar-refractivity contribution is 7.16. The molecule has 1 saturated carbocycles. The molecule has 5 nitrogen and oxygen atoms in total. The smallest absolute Gasteiger partial charge is 0.321 e. The molecule has 0 aliphatic heterocycles. The van der Waals surface area contributed by atoms with Gasteiger partial charge >= 0.3 is 6.03 Å². The topological polar surface area (TPSA) is 77.8 Å². The third-order valence-electron chi connectivity index (χ3n) is 2.78. The molecule has 0 unspecified atom stereocenters. The summed E-state index contributed by atoms with van der Waals surface area (Å²) in [6.07, 6.45) is 7.18. The summed E-state index contributed by atoms with van der Waals surface area (Å²) in [6, 6.07) is 2.04. The fourth-order valence-corrected chi connectivity index (χ4v) is 2.56. The maximum atomic E-state index is 11.6. The molecule has 1 aliphatic carbocycles. The SMILES string of the molecule is N#Cc1cnc(NC(=O)NC2CCCCC2)s1. The largest absolute Gasteiger partial charge is 0.335 e. The molecule has 0 spiro atoms. The van der Waals surface area contributed by atoms with E-state index in [1.165, 1.54) is 36.8 Å². The highest BCUT2D eigenvalue weighted by atomic mass is 32.1. The summed E-state index contributed by atoms with van der Waals surface area (Å²) >= 11 is 1.18. The highest BCUT2D eigenvalue weighted by Gasteiger charge is 2.16. The van der Waals surface area contributed by atoms with Crippen LogP contribution in [0.2, 0.25) is 0 Å². The number of carbonyl (C=O) groups excluding carboxylic acids is 1. The van der Waals surface area contributed by atoms with E-state index in [1.807, 2.05) is 6.07 Å². The summed E-state index contributed by atoms with van der Waals surface area (Å²) in [7, 11) is 0. The van der Waals surface area contributed by atoms with Crippen LogP contribution in [0, 0.1) is 11.3 Å². The Hall–Kier alpha value is -1.61. The molecule has 1 aliphatic rings. The zero-order valence-corrected chi connectivity index (χ0v) is 10.2. The lowest BCUT2D eigenvalue weighted by Crippen LogP contribution is -2.38. The predicted octanol–water partition coefficient (Wildman–Crippen LogP) is 2.47. The van der Waals surface area contributed by atoms with Crippen molar-refractivity contribution in [2.24, 2.45) is 0 Å². The molecule has 17 heavy (non-hydrogen) atoms. The van der Waals surface area contributed by atoms with E-state index < -0.39 is 0 Å². The van der Waals surface area contributed by atoms with Crippen LogP contribution in [0.4, 0.5) is 9.93 Å². The number of hydrogen-bond acceptors (Lipinski definition) is 4. The van der Waals surface area contributed by atoms with E-state index in [0.29, 0.717) is 10.0 Å². The molecule has 0 aromatic carbocycles. The van der Waals surface area contributed by atoms with Gasteiger partial charge in [-0.1, -0.05) is 30.6 Å². The first-order valence-electron chi connectivity index (χ1n) is 5.71. The van der Waals surface area contributed by atoms with E-state index in [2.05, 4.69) is 15.6 Å². The summed E-state index contributed by atoms with van der Waals surface area (Å²) in [5, 5.41) is 14.7. The number of nitrogens with zero attached hydrogens (tertiary/aromatic N) is 2. The van der Waals surface area contributed by atoms with Crippen molar-refractivity contribution in [1.29, 1.82) is 5.26 Å². The number of nitriles is 1. The van der Waals surface area contributed by atoms with Crippen LogP contribution in [0.1, 0.15) is 37.0 Å². The van der Waals surface area contributed by atoms with Crippen molar-refractivity contribution in [3.63, 3.8) is 0 Å². The van der Waals surface area contributed by atoms with Crippen LogP contribution in [-0.4, -0.2) is 17.1 Å². The minimum absolute atomic E-state index is 0.226. The second kappa shape index (κ2) is 5.64. The number of urea groups is 1. The Bertz CT molecular complexity index is 431. The van der Waals surface area contributed by atoms with Gasteiger partial charge in [0.1, 0.15) is 10.9 Å². The van der Waals surface area contributed by atoms with Crippen LogP contribution in [-0.2, 0) is 0 Å². The van der Waals surface area contributed by atoms with Crippen LogP contribution in [0.5, 0.6) is 0 Å². The molecule has 0 radical (unpaired) electrons. The second-order valence-corrected chi connectivity index (χ2v) is 5.11. The fraction of sp³-hybridized carbons (Fsp3) is 0.545. The Morgan fingerprint density at radius 3 is 2.88 bits per heavy atom. The third kappa shape index (κ3) is 3.43. The molecule has 0 saturated heterocycles. The van der Waals surface area contributed by atoms with Crippen molar-refractivity contribution in [2.45, 2.75) is 38.1 Å². The Morgan fingerprint density at radius 1 is 1.47 bits per heavy atom. The van der Waals surface area contributed by atoms with E-state index in [4.69, 9.17) is 5.26 Å². The number of hydrogen-bond donors (Lipinski definition) is 2. The Kier molecular flexibility index (Phi) is 3.94. The lowest BCUT2D eigenvalue weighted by Gasteiger charge is -2.22. The van der Waals surface area contributed by atoms with E-state index in [9.17, 15) is 4.79 Å². The molecule has 0 atom stereocenters. The number of aromatic nitrogens is 1. The van der Waals surface area contributed by atoms with Crippen molar-refractivity contribution < 1.29 is 4.79 Å². The van der Waals surface area contributed by atoms with Crippen LogP contribution >= 0.6 is 11.3 Å². The zero-order chi connectivity index (χ0) is 12.1. The monoisotopic (exact) mass is 250 g/mol. The Morgan fingerprint density at radius 2 is 2.24 bits per heavy atom. The maximum absolute atomic E-state index is 11.6. The molecule has 90 valence electrons. The number of thiazole rings is 1. The van der Waals surface area contributed by atoms with Gasteiger partial charge in [-0.25, -0.2) is 9.78 Å². The van der Waals surface area contributed by atoms with Gasteiger partial charge in [0.15, 0.2) is 5.13 Å². The van der Waals surface area contributed by atoms with Crippen LogP contribution in [0.3, 0.4) is 0 Å². The summed E-state index contributed by atoms with van der Waals surface area (Å²) in [5.74, 6) is 0. The molecular weight excluding hydrogens is 236 g/mol. The predicted molar refractivity (Wildman–Crippen MR) is 65.9 cm³/mol. The molecule has 1 aromatic rings. The van der Waals surface area contributed by atoms with Gasteiger partial charge in [-0.3, -0.25) is 5.32 Å². The van der Waals surface area contributed by atoms with Gasteiger partial charge < -0.3 is 5.32 Å². The van der Waals surface area contributed by atoms with Gasteiger partial charge in [0.25, 0.3) is 0 Å². The molecule has 2 rings (SSSR count). The van der Waals surface area contributed by atoms with E-state index >= 15 is 0 Å². The van der Waals surface area contributed by atoms with Crippen molar-refractivity contribution in [2.75, 3.05) is 5.32 Å². The molecule has 0 bridgehead atoms. The molecular formula is C11H14N4OS. The lowest BCUT2D eigenvalue weighted by molar-refractivity contribution is 0.244. The molecule has 2 N–H and O–H groups in total. The van der Waals surface area contributed by atoms with E-state index in [1.54, 1.807) is 0 Å². The fourth-order valence-electron chi connectivity index (χ4n) is 1.95. The van der Waals surface area contributed by atoms with Gasteiger partial charge in [0.05, 0.1) is 6.20 Å². The minimum Gasteiger partial charge on any atom is -0.335 e. The van der Waals surface area contributed by atoms with Crippen molar-refractivity contribution in [3.05, 3.63) is 11.1 Å². The maximum Gasteiger partial charge on any atom is 0.321 e. The summed E-state index contributed by atoms with van der Waals surface area (Å²) in [5.41, 5.74) is 0. The van der Waals surface area contributed by atoms with Crippen LogP contribution in [0.15, 0.2) is 6.20 Å². The molecule has 1 fully saturated rings. The van der Waals surface area contributed by atoms with E-state index in [0.717, 1.165) is 12.8 Å². The summed E-state index contributed by atoms with van der Waals surface area (Å²) in [6.45, 7) is 0. The second-order valence-electron chi connectivity index (χ2n) is 4.07. The summed E-state index contributed by atoms with van der Waals surface area (Å²) in [4.78, 5) is 16.1. The van der Waals surface area contributed by atoms with Crippen molar-refractivity contribution in [3.8, 4) is 6.07 Å². The van der Waals surface area contributed by atoms with Gasteiger partial charge in [-0.2, -0.15) is 5.26 Å². The molecule has 1 heterocycles. The first kappa shape index (κ1) is 11.9. The number of rotatable bonds is 2. The average Bonchev–Trinajstić information content (AvgIpc) is 2.78.